The van der Waals surface area contributed by atoms with Crippen LogP contribution in [0.2, 0.25) is 0 Å². The van der Waals surface area contributed by atoms with Crippen molar-refractivity contribution in [3.8, 4) is 22.6 Å². The van der Waals surface area contributed by atoms with Crippen LogP contribution in [0.5, 0.6) is 11.5 Å². The Morgan fingerprint density at radius 2 is 1.58 bits per heavy atom. The van der Waals surface area contributed by atoms with Crippen LogP contribution >= 0.6 is 0 Å². The van der Waals surface area contributed by atoms with E-state index in [1.54, 1.807) is 0 Å². The van der Waals surface area contributed by atoms with Crippen molar-refractivity contribution in [3.63, 3.8) is 0 Å². The van der Waals surface area contributed by atoms with Crippen LogP contribution < -0.4 is 9.47 Å². The molecule has 2 aromatic rings. The molecular formula is C21H26O3. The zero-order chi connectivity index (χ0) is 16.8. The van der Waals surface area contributed by atoms with Crippen LogP contribution in [0.1, 0.15) is 33.1 Å². The standard InChI is InChI=1S/C21H26O3/c1-3-4-5-16(2)24-20-12-8-18(9-13-20)17-6-10-19(11-7-17)22-14-21-15-23-21/h6-13,16,21H,3-5,14-15H2,1-2H3. The van der Waals surface area contributed by atoms with Gasteiger partial charge in [-0.05, 0) is 48.7 Å². The molecule has 3 rings (SSSR count). The minimum Gasteiger partial charge on any atom is -0.491 e. The van der Waals surface area contributed by atoms with Gasteiger partial charge in [-0.1, -0.05) is 44.0 Å². The van der Waals surface area contributed by atoms with Gasteiger partial charge in [0, 0.05) is 0 Å². The molecule has 2 atom stereocenters. The van der Waals surface area contributed by atoms with Gasteiger partial charge in [-0.2, -0.15) is 0 Å². The Hall–Kier alpha value is -2.00. The summed E-state index contributed by atoms with van der Waals surface area (Å²) in [6, 6.07) is 16.5. The molecule has 1 saturated heterocycles. The van der Waals surface area contributed by atoms with Crippen LogP contribution in [-0.2, 0) is 4.74 Å². The van der Waals surface area contributed by atoms with Crippen molar-refractivity contribution in [1.82, 2.24) is 0 Å². The number of hydrogen-bond donors (Lipinski definition) is 0. The molecule has 0 amide bonds. The first kappa shape index (κ1) is 16.8. The number of unbranched alkanes of at least 4 members (excludes halogenated alkanes) is 1. The second kappa shape index (κ2) is 8.20. The Kier molecular flexibility index (Phi) is 5.76. The van der Waals surface area contributed by atoms with Crippen molar-refractivity contribution in [1.29, 1.82) is 0 Å². The molecule has 24 heavy (non-hydrogen) atoms. The second-order valence-electron chi connectivity index (χ2n) is 6.39. The molecule has 2 unspecified atom stereocenters. The third-order valence-electron chi connectivity index (χ3n) is 4.18. The van der Waals surface area contributed by atoms with E-state index in [2.05, 4.69) is 38.1 Å². The highest BCUT2D eigenvalue weighted by molar-refractivity contribution is 5.64. The SMILES string of the molecule is CCCCC(C)Oc1ccc(-c2ccc(OCC3CO3)cc2)cc1. The van der Waals surface area contributed by atoms with Gasteiger partial charge < -0.3 is 14.2 Å². The molecule has 1 aliphatic heterocycles. The van der Waals surface area contributed by atoms with Crippen LogP contribution in [-0.4, -0.2) is 25.4 Å². The zero-order valence-corrected chi connectivity index (χ0v) is 14.5. The van der Waals surface area contributed by atoms with Crippen LogP contribution in [0.25, 0.3) is 11.1 Å². The van der Waals surface area contributed by atoms with E-state index in [9.17, 15) is 0 Å². The topological polar surface area (TPSA) is 31.0 Å². The minimum absolute atomic E-state index is 0.266. The van der Waals surface area contributed by atoms with Crippen molar-refractivity contribution in [3.05, 3.63) is 48.5 Å². The van der Waals surface area contributed by atoms with E-state index < -0.39 is 0 Å². The summed E-state index contributed by atoms with van der Waals surface area (Å²) in [5, 5.41) is 0. The molecule has 1 fully saturated rings. The van der Waals surface area contributed by atoms with Gasteiger partial charge in [-0.3, -0.25) is 0 Å². The van der Waals surface area contributed by atoms with E-state index in [1.807, 2.05) is 24.3 Å². The highest BCUT2D eigenvalue weighted by atomic mass is 16.6. The maximum Gasteiger partial charge on any atom is 0.119 e. The molecular weight excluding hydrogens is 300 g/mol. The van der Waals surface area contributed by atoms with Gasteiger partial charge >= 0.3 is 0 Å². The first-order valence-electron chi connectivity index (χ1n) is 8.86. The van der Waals surface area contributed by atoms with Crippen molar-refractivity contribution >= 4 is 0 Å². The summed E-state index contributed by atoms with van der Waals surface area (Å²) in [7, 11) is 0. The maximum atomic E-state index is 5.95. The maximum absolute atomic E-state index is 5.95. The molecule has 1 heterocycles. The molecule has 0 aliphatic carbocycles. The number of rotatable bonds is 9. The molecule has 0 bridgehead atoms. The lowest BCUT2D eigenvalue weighted by Gasteiger charge is -2.14. The Balaban J connectivity index is 1.56. The van der Waals surface area contributed by atoms with E-state index in [4.69, 9.17) is 14.2 Å². The Labute approximate surface area is 144 Å². The molecule has 0 spiro atoms. The van der Waals surface area contributed by atoms with Gasteiger partial charge in [0.2, 0.25) is 0 Å². The van der Waals surface area contributed by atoms with Gasteiger partial charge in [0.15, 0.2) is 0 Å². The van der Waals surface area contributed by atoms with Crippen LogP contribution in [0.4, 0.5) is 0 Å². The molecule has 3 heteroatoms. The van der Waals surface area contributed by atoms with Crippen molar-refractivity contribution in [2.75, 3.05) is 13.2 Å². The first-order valence-corrected chi connectivity index (χ1v) is 8.86. The lowest BCUT2D eigenvalue weighted by Crippen LogP contribution is -2.11. The van der Waals surface area contributed by atoms with Crippen LogP contribution in [0.3, 0.4) is 0 Å². The summed E-state index contributed by atoms with van der Waals surface area (Å²) in [4.78, 5) is 0. The fraction of sp³-hybridized carbons (Fsp3) is 0.429. The monoisotopic (exact) mass is 326 g/mol. The number of hydrogen-bond acceptors (Lipinski definition) is 3. The molecule has 1 aliphatic rings. The summed E-state index contributed by atoms with van der Waals surface area (Å²) in [6.07, 6.45) is 4.08. The van der Waals surface area contributed by atoms with Crippen molar-refractivity contribution < 1.29 is 14.2 Å². The quantitative estimate of drug-likeness (QED) is 0.602. The van der Waals surface area contributed by atoms with Gasteiger partial charge in [-0.25, -0.2) is 0 Å². The van der Waals surface area contributed by atoms with E-state index in [-0.39, 0.29) is 12.2 Å². The smallest absolute Gasteiger partial charge is 0.119 e. The number of ether oxygens (including phenoxy) is 3. The van der Waals surface area contributed by atoms with Gasteiger partial charge in [-0.15, -0.1) is 0 Å². The fourth-order valence-corrected chi connectivity index (χ4v) is 2.61. The Bertz CT molecular complexity index is 615. The van der Waals surface area contributed by atoms with E-state index in [1.165, 1.54) is 24.0 Å². The van der Waals surface area contributed by atoms with Crippen LogP contribution in [0.15, 0.2) is 48.5 Å². The van der Waals surface area contributed by atoms with E-state index in [0.717, 1.165) is 24.5 Å². The minimum atomic E-state index is 0.266. The molecule has 0 saturated carbocycles. The largest absolute Gasteiger partial charge is 0.491 e. The summed E-state index contributed by atoms with van der Waals surface area (Å²) in [5.41, 5.74) is 2.36. The molecule has 3 nitrogen and oxygen atoms in total. The summed E-state index contributed by atoms with van der Waals surface area (Å²) >= 11 is 0. The van der Waals surface area contributed by atoms with Gasteiger partial charge in [0.25, 0.3) is 0 Å². The molecule has 128 valence electrons. The normalized spacial score (nSPS) is 17.3. The predicted molar refractivity (Wildman–Crippen MR) is 96.7 cm³/mol. The highest BCUT2D eigenvalue weighted by Gasteiger charge is 2.22. The van der Waals surface area contributed by atoms with E-state index >= 15 is 0 Å². The summed E-state index contributed by atoms with van der Waals surface area (Å²) < 4.78 is 16.8. The lowest BCUT2D eigenvalue weighted by molar-refractivity contribution is 0.207. The molecule has 2 aromatic carbocycles. The average molecular weight is 326 g/mol. The summed E-state index contributed by atoms with van der Waals surface area (Å²) in [6.45, 7) is 5.80. The highest BCUT2D eigenvalue weighted by Crippen LogP contribution is 2.25. The fourth-order valence-electron chi connectivity index (χ4n) is 2.61. The lowest BCUT2D eigenvalue weighted by atomic mass is 10.1. The zero-order valence-electron chi connectivity index (χ0n) is 14.5. The van der Waals surface area contributed by atoms with Crippen molar-refractivity contribution in [2.24, 2.45) is 0 Å². The number of epoxide rings is 1. The first-order chi connectivity index (χ1) is 11.7. The molecule has 0 aromatic heterocycles. The predicted octanol–water partition coefficient (Wildman–Crippen LogP) is 5.09. The molecule has 0 N–H and O–H groups in total. The summed E-state index contributed by atoms with van der Waals surface area (Å²) in [5.74, 6) is 1.82. The third kappa shape index (κ3) is 5.00. The molecule has 0 radical (unpaired) electrons. The Morgan fingerprint density at radius 1 is 1.00 bits per heavy atom. The average Bonchev–Trinajstić information content (AvgIpc) is 3.44. The van der Waals surface area contributed by atoms with E-state index in [0.29, 0.717) is 6.61 Å². The number of benzene rings is 2. The Morgan fingerprint density at radius 3 is 2.12 bits per heavy atom. The second-order valence-corrected chi connectivity index (χ2v) is 6.39. The van der Waals surface area contributed by atoms with Gasteiger partial charge in [0.05, 0.1) is 12.7 Å². The third-order valence-corrected chi connectivity index (χ3v) is 4.18. The van der Waals surface area contributed by atoms with Gasteiger partial charge in [0.1, 0.15) is 24.2 Å². The van der Waals surface area contributed by atoms with Crippen molar-refractivity contribution in [2.45, 2.75) is 45.3 Å². The van der Waals surface area contributed by atoms with Crippen LogP contribution in [0, 0.1) is 0 Å².